The number of nitrogens with zero attached hydrogens (tertiary/aromatic N) is 2. The second kappa shape index (κ2) is 6.41. The molecule has 0 atom stereocenters. The highest BCUT2D eigenvalue weighted by Crippen LogP contribution is 2.36. The van der Waals surface area contributed by atoms with Gasteiger partial charge in [-0.2, -0.15) is 0 Å². The van der Waals surface area contributed by atoms with Gasteiger partial charge in [0.25, 0.3) is 0 Å². The third-order valence-electron chi connectivity index (χ3n) is 2.78. The number of nitrogens with one attached hydrogen (secondary N) is 1. The van der Waals surface area contributed by atoms with E-state index in [1.54, 1.807) is 13.2 Å². The molecule has 0 fully saturated rings. The number of halogens is 2. The van der Waals surface area contributed by atoms with Crippen molar-refractivity contribution in [3.8, 4) is 17.1 Å². The van der Waals surface area contributed by atoms with Crippen molar-refractivity contribution in [3.05, 3.63) is 33.4 Å². The van der Waals surface area contributed by atoms with Gasteiger partial charge in [0.1, 0.15) is 11.6 Å². The number of methoxy groups -OCH3 is 1. The van der Waals surface area contributed by atoms with Gasteiger partial charge >= 0.3 is 0 Å². The molecular formula is C14H15BrClN3O. The summed E-state index contributed by atoms with van der Waals surface area (Å²) in [5.41, 5.74) is 1.54. The van der Waals surface area contributed by atoms with E-state index in [0.29, 0.717) is 22.2 Å². The molecule has 0 bridgehead atoms. The number of ether oxygens (including phenoxy) is 1. The number of anilines is 1. The fourth-order valence-corrected chi connectivity index (χ4v) is 2.41. The zero-order valence-corrected chi connectivity index (χ0v) is 13.8. The first-order valence-electron chi connectivity index (χ1n) is 6.19. The third kappa shape index (κ3) is 2.88. The second-order valence-electron chi connectivity index (χ2n) is 4.14. The van der Waals surface area contributed by atoms with Crippen LogP contribution in [0.1, 0.15) is 12.6 Å². The number of rotatable bonds is 4. The molecular weight excluding hydrogens is 342 g/mol. The number of hydrogen-bond acceptors (Lipinski definition) is 4. The fourth-order valence-electron chi connectivity index (χ4n) is 1.85. The second-order valence-corrected chi connectivity index (χ2v) is 5.34. The Labute approximate surface area is 131 Å². The zero-order chi connectivity index (χ0) is 14.7. The van der Waals surface area contributed by atoms with E-state index < -0.39 is 0 Å². The SMILES string of the molecule is CCNc1nc(-c2c(Cl)cccc2OC)nc(C)c1Br. The number of hydrogen-bond donors (Lipinski definition) is 1. The molecule has 0 aliphatic rings. The Bertz CT molecular complexity index is 634. The third-order valence-corrected chi connectivity index (χ3v) is 4.04. The topological polar surface area (TPSA) is 47.0 Å². The van der Waals surface area contributed by atoms with Crippen molar-refractivity contribution < 1.29 is 4.74 Å². The lowest BCUT2D eigenvalue weighted by molar-refractivity contribution is 0.416. The number of aromatic nitrogens is 2. The Hall–Kier alpha value is -1.33. The largest absolute Gasteiger partial charge is 0.496 e. The molecule has 20 heavy (non-hydrogen) atoms. The van der Waals surface area contributed by atoms with Gasteiger partial charge in [-0.25, -0.2) is 9.97 Å². The van der Waals surface area contributed by atoms with Crippen LogP contribution in [0.3, 0.4) is 0 Å². The van der Waals surface area contributed by atoms with Crippen LogP contribution in [0.15, 0.2) is 22.7 Å². The summed E-state index contributed by atoms with van der Waals surface area (Å²) in [4.78, 5) is 9.02. The Morgan fingerprint density at radius 1 is 1.35 bits per heavy atom. The maximum absolute atomic E-state index is 6.27. The van der Waals surface area contributed by atoms with E-state index in [1.807, 2.05) is 26.0 Å². The van der Waals surface area contributed by atoms with Gasteiger partial charge in [0, 0.05) is 6.54 Å². The van der Waals surface area contributed by atoms with Gasteiger partial charge < -0.3 is 10.1 Å². The zero-order valence-electron chi connectivity index (χ0n) is 11.5. The minimum atomic E-state index is 0.545. The Morgan fingerprint density at radius 3 is 2.75 bits per heavy atom. The van der Waals surface area contributed by atoms with E-state index in [9.17, 15) is 0 Å². The first-order valence-corrected chi connectivity index (χ1v) is 7.36. The van der Waals surface area contributed by atoms with Crippen LogP contribution < -0.4 is 10.1 Å². The standard InChI is InChI=1S/C14H15BrClN3O/c1-4-17-14-12(15)8(2)18-13(19-14)11-9(16)6-5-7-10(11)20-3/h5-7H,4H2,1-3H3,(H,17,18,19). The van der Waals surface area contributed by atoms with Gasteiger partial charge in [0.05, 0.1) is 27.9 Å². The van der Waals surface area contributed by atoms with Crippen molar-refractivity contribution in [2.24, 2.45) is 0 Å². The van der Waals surface area contributed by atoms with E-state index in [4.69, 9.17) is 16.3 Å². The summed E-state index contributed by atoms with van der Waals surface area (Å²) >= 11 is 9.76. The van der Waals surface area contributed by atoms with Crippen LogP contribution in [0.2, 0.25) is 5.02 Å². The van der Waals surface area contributed by atoms with Gasteiger partial charge in [-0.1, -0.05) is 17.7 Å². The summed E-state index contributed by atoms with van der Waals surface area (Å²) in [6, 6.07) is 5.48. The molecule has 4 nitrogen and oxygen atoms in total. The predicted octanol–water partition coefficient (Wildman–Crippen LogP) is 4.31. The van der Waals surface area contributed by atoms with Gasteiger partial charge in [-0.05, 0) is 41.9 Å². The van der Waals surface area contributed by atoms with Crippen LogP contribution >= 0.6 is 27.5 Å². The normalized spacial score (nSPS) is 10.4. The number of aryl methyl sites for hydroxylation is 1. The maximum atomic E-state index is 6.27. The lowest BCUT2D eigenvalue weighted by Gasteiger charge is -2.13. The predicted molar refractivity (Wildman–Crippen MR) is 85.6 cm³/mol. The van der Waals surface area contributed by atoms with E-state index in [-0.39, 0.29) is 0 Å². The van der Waals surface area contributed by atoms with E-state index in [2.05, 4.69) is 31.2 Å². The van der Waals surface area contributed by atoms with Gasteiger partial charge in [-0.15, -0.1) is 0 Å². The van der Waals surface area contributed by atoms with Crippen molar-refractivity contribution in [2.75, 3.05) is 19.0 Å². The van der Waals surface area contributed by atoms with Crippen LogP contribution in [-0.4, -0.2) is 23.6 Å². The highest BCUT2D eigenvalue weighted by molar-refractivity contribution is 9.10. The first kappa shape index (κ1) is 15.1. The van der Waals surface area contributed by atoms with Crippen molar-refractivity contribution in [2.45, 2.75) is 13.8 Å². The molecule has 0 amide bonds. The summed E-state index contributed by atoms with van der Waals surface area (Å²) < 4.78 is 6.21. The summed E-state index contributed by atoms with van der Waals surface area (Å²) in [6.07, 6.45) is 0. The molecule has 0 aliphatic carbocycles. The van der Waals surface area contributed by atoms with Crippen LogP contribution in [0, 0.1) is 6.92 Å². The molecule has 0 saturated heterocycles. The number of benzene rings is 1. The molecule has 0 unspecified atom stereocenters. The summed E-state index contributed by atoms with van der Waals surface area (Å²) in [6.45, 7) is 4.70. The van der Waals surface area contributed by atoms with Crippen molar-refractivity contribution in [1.29, 1.82) is 0 Å². The van der Waals surface area contributed by atoms with Crippen LogP contribution in [0.25, 0.3) is 11.4 Å². The maximum Gasteiger partial charge on any atom is 0.167 e. The smallest absolute Gasteiger partial charge is 0.167 e. The molecule has 2 aromatic rings. The van der Waals surface area contributed by atoms with Crippen LogP contribution in [0.4, 0.5) is 5.82 Å². The minimum absolute atomic E-state index is 0.545. The monoisotopic (exact) mass is 355 g/mol. The Morgan fingerprint density at radius 2 is 2.10 bits per heavy atom. The molecule has 0 saturated carbocycles. The molecule has 6 heteroatoms. The summed E-state index contributed by atoms with van der Waals surface area (Å²) in [5, 5.41) is 3.77. The highest BCUT2D eigenvalue weighted by atomic mass is 79.9. The van der Waals surface area contributed by atoms with E-state index in [0.717, 1.165) is 22.5 Å². The molecule has 2 rings (SSSR count). The van der Waals surface area contributed by atoms with Crippen LogP contribution in [-0.2, 0) is 0 Å². The molecule has 1 aromatic carbocycles. The molecule has 0 aliphatic heterocycles. The average molecular weight is 357 g/mol. The van der Waals surface area contributed by atoms with Crippen LogP contribution in [0.5, 0.6) is 5.75 Å². The molecule has 1 aromatic heterocycles. The Balaban J connectivity index is 2.64. The Kier molecular flexibility index (Phi) is 4.83. The van der Waals surface area contributed by atoms with E-state index in [1.165, 1.54) is 0 Å². The highest BCUT2D eigenvalue weighted by Gasteiger charge is 2.16. The van der Waals surface area contributed by atoms with Gasteiger partial charge in [0.2, 0.25) is 0 Å². The molecule has 1 heterocycles. The van der Waals surface area contributed by atoms with Gasteiger partial charge in [0.15, 0.2) is 5.82 Å². The molecule has 106 valence electrons. The molecule has 1 N–H and O–H groups in total. The van der Waals surface area contributed by atoms with Gasteiger partial charge in [-0.3, -0.25) is 0 Å². The quantitative estimate of drug-likeness (QED) is 0.887. The minimum Gasteiger partial charge on any atom is -0.496 e. The first-order chi connectivity index (χ1) is 9.58. The summed E-state index contributed by atoms with van der Waals surface area (Å²) in [5.74, 6) is 1.95. The van der Waals surface area contributed by atoms with Crippen molar-refractivity contribution >= 4 is 33.3 Å². The summed E-state index contributed by atoms with van der Waals surface area (Å²) in [7, 11) is 1.60. The van der Waals surface area contributed by atoms with E-state index >= 15 is 0 Å². The molecule has 0 spiro atoms. The average Bonchev–Trinajstić information content (AvgIpc) is 2.43. The lowest BCUT2D eigenvalue weighted by atomic mass is 10.2. The van der Waals surface area contributed by atoms with Crippen molar-refractivity contribution in [1.82, 2.24) is 9.97 Å². The molecule has 0 radical (unpaired) electrons. The fraction of sp³-hybridized carbons (Fsp3) is 0.286. The van der Waals surface area contributed by atoms with Crippen molar-refractivity contribution in [3.63, 3.8) is 0 Å². The lowest BCUT2D eigenvalue weighted by Crippen LogP contribution is -2.05.